The number of anilines is 1. The minimum absolute atomic E-state index is 0.621. The second-order valence-electron chi connectivity index (χ2n) is 4.95. The summed E-state index contributed by atoms with van der Waals surface area (Å²) in [5.41, 5.74) is 2.67. The number of rotatable bonds is 2. The average molecular weight is 392 g/mol. The molecule has 0 heterocycles. The van der Waals surface area contributed by atoms with E-state index in [-0.39, 0.29) is 0 Å². The van der Waals surface area contributed by atoms with Crippen molar-refractivity contribution in [3.8, 4) is 6.07 Å². The topological polar surface area (TPSA) is 35.8 Å². The Morgan fingerprint density at radius 1 is 1.05 bits per heavy atom. The van der Waals surface area contributed by atoms with Gasteiger partial charge in [-0.1, -0.05) is 37.9 Å². The summed E-state index contributed by atoms with van der Waals surface area (Å²) in [6.07, 6.45) is 1.72. The number of halogens is 2. The molecule has 0 spiro atoms. The van der Waals surface area contributed by atoms with Crippen molar-refractivity contribution in [2.75, 3.05) is 5.32 Å². The average Bonchev–Trinajstić information content (AvgIpc) is 2.80. The van der Waals surface area contributed by atoms with Crippen LogP contribution in [-0.4, -0.2) is 0 Å². The molecule has 0 saturated heterocycles. The molecule has 1 atom stereocenters. The SMILES string of the molecule is N#CC1(Nc2ccc(Br)cc2)CCc2cc(Br)ccc21. The molecule has 0 radical (unpaired) electrons. The summed E-state index contributed by atoms with van der Waals surface area (Å²) in [7, 11) is 0. The third kappa shape index (κ3) is 2.36. The molecule has 1 unspecified atom stereocenters. The summed E-state index contributed by atoms with van der Waals surface area (Å²) in [6.45, 7) is 0. The third-order valence-corrected chi connectivity index (χ3v) is 4.71. The molecule has 2 aromatic carbocycles. The lowest BCUT2D eigenvalue weighted by Gasteiger charge is -2.25. The highest BCUT2D eigenvalue weighted by molar-refractivity contribution is 9.10. The summed E-state index contributed by atoms with van der Waals surface area (Å²) >= 11 is 6.92. The zero-order valence-corrected chi connectivity index (χ0v) is 13.8. The minimum atomic E-state index is -0.621. The van der Waals surface area contributed by atoms with Crippen LogP contribution in [-0.2, 0) is 12.0 Å². The lowest BCUT2D eigenvalue weighted by Crippen LogP contribution is -2.31. The van der Waals surface area contributed by atoms with Crippen molar-refractivity contribution in [1.82, 2.24) is 0 Å². The summed E-state index contributed by atoms with van der Waals surface area (Å²) in [5.74, 6) is 0. The number of benzene rings is 2. The second kappa shape index (κ2) is 5.23. The van der Waals surface area contributed by atoms with Crippen LogP contribution in [0, 0.1) is 11.3 Å². The van der Waals surface area contributed by atoms with Gasteiger partial charge in [0.15, 0.2) is 5.54 Å². The first-order valence-electron chi connectivity index (χ1n) is 6.37. The number of nitrogens with one attached hydrogen (secondary N) is 1. The van der Waals surface area contributed by atoms with Crippen LogP contribution in [0.4, 0.5) is 5.69 Å². The van der Waals surface area contributed by atoms with Crippen molar-refractivity contribution in [3.05, 3.63) is 62.5 Å². The molecule has 0 bridgehead atoms. The van der Waals surface area contributed by atoms with Crippen LogP contribution in [0.3, 0.4) is 0 Å². The minimum Gasteiger partial charge on any atom is -0.364 e. The van der Waals surface area contributed by atoms with Crippen LogP contribution in [0.2, 0.25) is 0 Å². The van der Waals surface area contributed by atoms with E-state index < -0.39 is 5.54 Å². The number of nitriles is 1. The normalized spacial score (nSPS) is 20.2. The molecule has 0 saturated carbocycles. The van der Waals surface area contributed by atoms with E-state index in [1.165, 1.54) is 5.56 Å². The maximum Gasteiger partial charge on any atom is 0.151 e. The van der Waals surface area contributed by atoms with Gasteiger partial charge in [-0.25, -0.2) is 0 Å². The zero-order valence-electron chi connectivity index (χ0n) is 10.7. The van der Waals surface area contributed by atoms with Gasteiger partial charge >= 0.3 is 0 Å². The van der Waals surface area contributed by atoms with Gasteiger partial charge < -0.3 is 5.32 Å². The van der Waals surface area contributed by atoms with E-state index in [1.807, 2.05) is 36.4 Å². The predicted octanol–water partition coefficient (Wildman–Crippen LogP) is 4.99. The largest absolute Gasteiger partial charge is 0.364 e. The Balaban J connectivity index is 1.99. The van der Waals surface area contributed by atoms with Crippen LogP contribution in [0.15, 0.2) is 51.4 Å². The summed E-state index contributed by atoms with van der Waals surface area (Å²) < 4.78 is 2.10. The molecule has 2 aromatic rings. The van der Waals surface area contributed by atoms with E-state index in [0.717, 1.165) is 33.0 Å². The zero-order chi connectivity index (χ0) is 14.2. The maximum absolute atomic E-state index is 9.72. The van der Waals surface area contributed by atoms with Crippen LogP contribution in [0.5, 0.6) is 0 Å². The van der Waals surface area contributed by atoms with Gasteiger partial charge in [-0.2, -0.15) is 5.26 Å². The van der Waals surface area contributed by atoms with Gasteiger partial charge in [0.1, 0.15) is 0 Å². The highest BCUT2D eigenvalue weighted by Crippen LogP contribution is 2.40. The smallest absolute Gasteiger partial charge is 0.151 e. The molecule has 3 rings (SSSR count). The number of hydrogen-bond acceptors (Lipinski definition) is 2. The fraction of sp³-hybridized carbons (Fsp3) is 0.188. The van der Waals surface area contributed by atoms with Gasteiger partial charge in [-0.15, -0.1) is 0 Å². The lowest BCUT2D eigenvalue weighted by molar-refractivity contribution is 0.621. The molecule has 100 valence electrons. The summed E-state index contributed by atoms with van der Waals surface area (Å²) in [5, 5.41) is 13.1. The number of fused-ring (bicyclic) bond motifs is 1. The maximum atomic E-state index is 9.72. The molecule has 20 heavy (non-hydrogen) atoms. The third-order valence-electron chi connectivity index (χ3n) is 3.69. The first kappa shape index (κ1) is 13.7. The van der Waals surface area contributed by atoms with E-state index in [1.54, 1.807) is 0 Å². The predicted molar refractivity (Wildman–Crippen MR) is 87.5 cm³/mol. The molecule has 1 aliphatic carbocycles. The molecule has 1 N–H and O–H groups in total. The van der Waals surface area contributed by atoms with Crippen molar-refractivity contribution in [1.29, 1.82) is 5.26 Å². The number of hydrogen-bond donors (Lipinski definition) is 1. The molecule has 0 aliphatic heterocycles. The summed E-state index contributed by atoms with van der Waals surface area (Å²) in [4.78, 5) is 0. The Kier molecular flexibility index (Phi) is 3.57. The van der Waals surface area contributed by atoms with Crippen LogP contribution < -0.4 is 5.32 Å². The molecule has 0 amide bonds. The van der Waals surface area contributed by atoms with E-state index in [0.29, 0.717) is 0 Å². The first-order valence-corrected chi connectivity index (χ1v) is 7.95. The molecule has 2 nitrogen and oxygen atoms in total. The van der Waals surface area contributed by atoms with Crippen molar-refractivity contribution < 1.29 is 0 Å². The quantitative estimate of drug-likeness (QED) is 0.782. The van der Waals surface area contributed by atoms with E-state index in [9.17, 15) is 5.26 Å². The summed E-state index contributed by atoms with van der Waals surface area (Å²) in [6, 6.07) is 16.6. The van der Waals surface area contributed by atoms with Crippen molar-refractivity contribution in [2.24, 2.45) is 0 Å². The van der Waals surface area contributed by atoms with Crippen LogP contribution >= 0.6 is 31.9 Å². The van der Waals surface area contributed by atoms with Gasteiger partial charge in [-0.3, -0.25) is 0 Å². The van der Waals surface area contributed by atoms with E-state index in [2.05, 4.69) is 49.3 Å². The Morgan fingerprint density at radius 3 is 2.45 bits per heavy atom. The lowest BCUT2D eigenvalue weighted by atomic mass is 9.93. The van der Waals surface area contributed by atoms with Crippen molar-refractivity contribution in [2.45, 2.75) is 18.4 Å². The fourth-order valence-electron chi connectivity index (χ4n) is 2.70. The molecular formula is C16H12Br2N2. The molecule has 0 aromatic heterocycles. The highest BCUT2D eigenvalue weighted by Gasteiger charge is 2.39. The molecular weight excluding hydrogens is 380 g/mol. The Labute approximate surface area is 135 Å². The Bertz CT molecular complexity index is 689. The van der Waals surface area contributed by atoms with Crippen LogP contribution in [0.25, 0.3) is 0 Å². The molecule has 1 aliphatic rings. The standard InChI is InChI=1S/C16H12Br2N2/c17-12-1-4-14(5-2-12)20-16(10-19)8-7-11-9-13(18)3-6-15(11)16/h1-6,9,20H,7-8H2. The monoisotopic (exact) mass is 390 g/mol. The van der Waals surface area contributed by atoms with Gasteiger partial charge in [-0.05, 0) is 60.4 Å². The Morgan fingerprint density at radius 2 is 1.75 bits per heavy atom. The number of nitrogens with zero attached hydrogens (tertiary/aromatic N) is 1. The van der Waals surface area contributed by atoms with Crippen molar-refractivity contribution in [3.63, 3.8) is 0 Å². The number of aryl methyl sites for hydroxylation is 1. The first-order chi connectivity index (χ1) is 9.63. The van der Waals surface area contributed by atoms with Gasteiger partial charge in [0.2, 0.25) is 0 Å². The van der Waals surface area contributed by atoms with Crippen molar-refractivity contribution >= 4 is 37.5 Å². The fourth-order valence-corrected chi connectivity index (χ4v) is 3.37. The highest BCUT2D eigenvalue weighted by atomic mass is 79.9. The van der Waals surface area contributed by atoms with Crippen LogP contribution in [0.1, 0.15) is 17.5 Å². The molecule has 4 heteroatoms. The Hall–Kier alpha value is -1.31. The second-order valence-corrected chi connectivity index (χ2v) is 6.78. The van der Waals surface area contributed by atoms with E-state index in [4.69, 9.17) is 0 Å². The van der Waals surface area contributed by atoms with Gasteiger partial charge in [0, 0.05) is 14.6 Å². The molecule has 0 fully saturated rings. The van der Waals surface area contributed by atoms with Gasteiger partial charge in [0.05, 0.1) is 6.07 Å². The van der Waals surface area contributed by atoms with Gasteiger partial charge in [0.25, 0.3) is 0 Å². The van der Waals surface area contributed by atoms with E-state index >= 15 is 0 Å².